The molecule has 0 saturated heterocycles. The first-order valence-electron chi connectivity index (χ1n) is 46.8. The van der Waals surface area contributed by atoms with Crippen LogP contribution in [0.3, 0.4) is 0 Å². The summed E-state index contributed by atoms with van der Waals surface area (Å²) in [6.07, 6.45) is 0. The zero-order valence-corrected chi connectivity index (χ0v) is 73.8. The van der Waals surface area contributed by atoms with Crippen molar-refractivity contribution in [3.05, 3.63) is 455 Å². The van der Waals surface area contributed by atoms with Crippen LogP contribution in [0.2, 0.25) is 0 Å². The Morgan fingerprint density at radius 1 is 0.131 bits per heavy atom. The van der Waals surface area contributed by atoms with Crippen LogP contribution >= 0.6 is 0 Å². The minimum atomic E-state index is 0.672. The first kappa shape index (κ1) is 76.3. The van der Waals surface area contributed by atoms with Gasteiger partial charge in [-0.05, 0) is 216 Å². The maximum absolute atomic E-state index is 5.44. The predicted octanol–water partition coefficient (Wildman–Crippen LogP) is 33.2. The molecule has 0 N–H and O–H groups in total. The summed E-state index contributed by atoms with van der Waals surface area (Å²) in [5.41, 5.74) is 35.3. The predicted molar refractivity (Wildman–Crippen MR) is 570 cm³/mol. The molecule has 0 radical (unpaired) electrons. The highest BCUT2D eigenvalue weighted by Gasteiger charge is 2.32. The van der Waals surface area contributed by atoms with Crippen molar-refractivity contribution in [2.75, 3.05) is 0 Å². The lowest BCUT2D eigenvalue weighted by Crippen LogP contribution is -2.03. The SMILES string of the molecule is c1cc(-c2ccc3ccccc3c2)cc(-c2nc(-n3c4cccc5c4c4c(cccc43)-c3cccc4cccc-5c34)nc3ccccc23)c1.c1ccc(-c2cccc(-c3nc(-n4c5cccc6c5c5c(cccc54)-c4cccc5cccc-6c45)nc4ccccc34)c2)cc1.c1ccc2c(-c3nc(-n4c5cccc6c5c5c(cccc54)-c4cccc5cccc-6c45)nc4ccccc34)cccc2c1. The third kappa shape index (κ3) is 11.6. The normalized spacial score (nSPS) is 12.1. The lowest BCUT2D eigenvalue weighted by molar-refractivity contribution is 1.01. The first-order valence-corrected chi connectivity index (χ1v) is 46.8. The molecule has 28 aromatic rings. The van der Waals surface area contributed by atoms with E-state index in [0.717, 1.165) is 105 Å². The van der Waals surface area contributed by atoms with Gasteiger partial charge in [0.15, 0.2) is 0 Å². The van der Waals surface area contributed by atoms with Crippen LogP contribution in [0.5, 0.6) is 0 Å². The minimum Gasteiger partial charge on any atom is -0.278 e. The van der Waals surface area contributed by atoms with Gasteiger partial charge >= 0.3 is 0 Å². The first-order chi connectivity index (χ1) is 68.0. The molecule has 22 aromatic carbocycles. The van der Waals surface area contributed by atoms with Crippen molar-refractivity contribution >= 4 is 152 Å². The molecule has 0 atom stereocenters. The number of para-hydroxylation sites is 3. The summed E-state index contributed by atoms with van der Waals surface area (Å²) in [5, 5.41) is 23.2. The van der Waals surface area contributed by atoms with Crippen molar-refractivity contribution in [2.24, 2.45) is 0 Å². The summed E-state index contributed by atoms with van der Waals surface area (Å²) < 4.78 is 6.81. The van der Waals surface area contributed by atoms with Crippen LogP contribution in [-0.4, -0.2) is 43.6 Å². The van der Waals surface area contributed by atoms with Crippen molar-refractivity contribution in [1.82, 2.24) is 43.6 Å². The lowest BCUT2D eigenvalue weighted by atomic mass is 9.93. The molecule has 137 heavy (non-hydrogen) atoms. The molecule has 31 rings (SSSR count). The van der Waals surface area contributed by atoms with Gasteiger partial charge in [0.1, 0.15) is 0 Å². The van der Waals surface area contributed by atoms with E-state index in [1.165, 1.54) is 170 Å². The number of aromatic nitrogens is 9. The zero-order chi connectivity index (χ0) is 89.6. The number of hydrogen-bond donors (Lipinski definition) is 0. The average Bonchev–Trinajstić information content (AvgIpc) is 1.55. The summed E-state index contributed by atoms with van der Waals surface area (Å²) in [6.45, 7) is 0. The van der Waals surface area contributed by atoms with Gasteiger partial charge in [0.25, 0.3) is 0 Å². The number of rotatable bonds is 8. The maximum Gasteiger partial charge on any atom is 0.235 e. The summed E-state index contributed by atoms with van der Waals surface area (Å²) in [7, 11) is 0. The van der Waals surface area contributed by atoms with E-state index < -0.39 is 0 Å². The summed E-state index contributed by atoms with van der Waals surface area (Å²) in [5.74, 6) is 2.03. The zero-order valence-electron chi connectivity index (χ0n) is 73.8. The monoisotopic (exact) mass is 1740 g/mol. The van der Waals surface area contributed by atoms with Crippen LogP contribution in [0.15, 0.2) is 455 Å². The number of benzene rings is 22. The van der Waals surface area contributed by atoms with Crippen LogP contribution in [0.4, 0.5) is 0 Å². The molecular formula is C128H75N9. The van der Waals surface area contributed by atoms with E-state index in [9.17, 15) is 0 Å². The van der Waals surface area contributed by atoms with Gasteiger partial charge in [-0.1, -0.05) is 382 Å². The molecule has 632 valence electrons. The standard InChI is InChI=1S/C46H27N3.C42H25N3.C40H23N3/c1-2-11-30-26-32(25-24-28(30)10-1)31-14-5-15-33(27-31)45-38-16-3-4-21-39(38)47-46(48-45)49-40-22-8-19-36-34-17-6-12-29-13-7-18-35(42(29)34)37-20-9-23-41(49)44(37)43(36)40;1-2-11-26(12-3-1)28-15-6-16-29(25-28)41-34-17-4-5-22-35(34)43-42(44-41)45-36-23-9-20-32-30-18-7-13-27-14-8-19-31(38(27)30)33-21-10-24-37(45)40(33)39(32)36;1-2-14-26-24(10-1)11-5-20-31(26)39-32-15-3-4-21-33(32)41-40(42-39)43-34-22-8-18-29-27-16-6-12-25-13-7-17-28(36(25)27)30-19-9-23-35(43)38(30)37(29)34/h1-27H;1-25H;1-23H. The highest BCUT2D eigenvalue weighted by Crippen LogP contribution is 2.55. The number of fused-ring (bicyclic) bond motifs is 11. The Balaban J connectivity index is 0.0000000996. The van der Waals surface area contributed by atoms with Gasteiger partial charge in [-0.15, -0.1) is 0 Å². The molecule has 0 fully saturated rings. The fourth-order valence-corrected chi connectivity index (χ4v) is 22.9. The summed E-state index contributed by atoms with van der Waals surface area (Å²) in [6, 6.07) is 163. The third-order valence-electron chi connectivity index (χ3n) is 28.8. The molecule has 3 aliphatic rings. The molecule has 9 nitrogen and oxygen atoms in total. The molecule has 0 amide bonds. The van der Waals surface area contributed by atoms with Crippen molar-refractivity contribution < 1.29 is 0 Å². The molecule has 3 aliphatic carbocycles. The Morgan fingerprint density at radius 2 is 0.380 bits per heavy atom. The van der Waals surface area contributed by atoms with Crippen LogP contribution in [0, 0.1) is 0 Å². The third-order valence-corrected chi connectivity index (χ3v) is 28.8. The smallest absolute Gasteiger partial charge is 0.235 e. The van der Waals surface area contributed by atoms with E-state index in [-0.39, 0.29) is 0 Å². The van der Waals surface area contributed by atoms with Crippen LogP contribution < -0.4 is 0 Å². The Kier molecular flexibility index (Phi) is 16.7. The lowest BCUT2D eigenvalue weighted by Gasteiger charge is -2.14. The molecule has 0 unspecified atom stereocenters. The Hall–Kier alpha value is -18.4. The number of nitrogens with zero attached hydrogens (tertiary/aromatic N) is 9. The average molecular weight is 1740 g/mol. The topological polar surface area (TPSA) is 92.1 Å². The van der Waals surface area contributed by atoms with E-state index >= 15 is 0 Å². The molecule has 9 heteroatoms. The Labute approximate surface area is 785 Å². The van der Waals surface area contributed by atoms with Crippen molar-refractivity contribution in [3.63, 3.8) is 0 Å². The van der Waals surface area contributed by atoms with Crippen molar-refractivity contribution in [2.45, 2.75) is 0 Å². The van der Waals surface area contributed by atoms with E-state index in [4.69, 9.17) is 29.9 Å². The molecule has 0 spiro atoms. The second kappa shape index (κ2) is 30.0. The second-order valence-corrected chi connectivity index (χ2v) is 36.1. The van der Waals surface area contributed by atoms with Gasteiger partial charge in [0.05, 0.1) is 66.7 Å². The van der Waals surface area contributed by atoms with Gasteiger partial charge in [-0.25, -0.2) is 29.9 Å². The fraction of sp³-hybridized carbons (Fsp3) is 0. The second-order valence-electron chi connectivity index (χ2n) is 36.1. The highest BCUT2D eigenvalue weighted by atomic mass is 15.2. The highest BCUT2D eigenvalue weighted by molar-refractivity contribution is 6.31. The van der Waals surface area contributed by atoms with Gasteiger partial charge in [-0.2, -0.15) is 0 Å². The van der Waals surface area contributed by atoms with Gasteiger partial charge in [-0.3, -0.25) is 13.7 Å². The largest absolute Gasteiger partial charge is 0.278 e. The molecule has 6 heterocycles. The van der Waals surface area contributed by atoms with Crippen LogP contribution in [0.1, 0.15) is 0 Å². The minimum absolute atomic E-state index is 0.672. The number of hydrogen-bond acceptors (Lipinski definition) is 6. The Morgan fingerprint density at radius 3 is 0.759 bits per heavy atom. The van der Waals surface area contributed by atoms with E-state index in [1.54, 1.807) is 0 Å². The van der Waals surface area contributed by atoms with Gasteiger partial charge in [0.2, 0.25) is 17.8 Å². The van der Waals surface area contributed by atoms with Gasteiger partial charge in [0, 0.05) is 65.2 Å². The van der Waals surface area contributed by atoms with E-state index in [2.05, 4.69) is 469 Å². The fourth-order valence-electron chi connectivity index (χ4n) is 22.9. The molecule has 0 saturated carbocycles. The van der Waals surface area contributed by atoms with Crippen LogP contribution in [-0.2, 0) is 0 Å². The van der Waals surface area contributed by atoms with Crippen LogP contribution in [0.25, 0.3) is 293 Å². The van der Waals surface area contributed by atoms with Crippen molar-refractivity contribution in [1.29, 1.82) is 0 Å². The molecular weight excluding hydrogens is 1660 g/mol. The maximum atomic E-state index is 5.44. The summed E-state index contributed by atoms with van der Waals surface area (Å²) >= 11 is 0. The molecule has 6 aromatic heterocycles. The van der Waals surface area contributed by atoms with E-state index in [0.29, 0.717) is 17.8 Å². The van der Waals surface area contributed by atoms with Gasteiger partial charge < -0.3 is 0 Å². The van der Waals surface area contributed by atoms with Crippen molar-refractivity contribution in [3.8, 4) is 141 Å². The molecule has 0 aliphatic heterocycles. The Bertz CT molecular complexity index is 9800. The summed E-state index contributed by atoms with van der Waals surface area (Å²) in [4.78, 5) is 31.9. The van der Waals surface area contributed by atoms with E-state index in [1.807, 2.05) is 0 Å². The molecule has 0 bridgehead atoms. The quantitative estimate of drug-likeness (QED) is 0.150.